The van der Waals surface area contributed by atoms with Gasteiger partial charge in [-0.2, -0.15) is 0 Å². The molecule has 8 heteroatoms. The summed E-state index contributed by atoms with van der Waals surface area (Å²) in [5.74, 6) is -0.536. The quantitative estimate of drug-likeness (QED) is 0.829. The molecule has 152 valence electrons. The van der Waals surface area contributed by atoms with Crippen molar-refractivity contribution in [1.29, 1.82) is 0 Å². The molecule has 2 amide bonds. The van der Waals surface area contributed by atoms with Crippen LogP contribution in [0.3, 0.4) is 0 Å². The van der Waals surface area contributed by atoms with Gasteiger partial charge in [-0.1, -0.05) is 0 Å². The van der Waals surface area contributed by atoms with Crippen molar-refractivity contribution in [2.24, 2.45) is 0 Å². The molecule has 1 saturated heterocycles. The molecule has 2 aliphatic rings. The van der Waals surface area contributed by atoms with Crippen molar-refractivity contribution in [1.82, 2.24) is 4.90 Å². The predicted octanol–water partition coefficient (Wildman–Crippen LogP) is 2.92. The molecular formula is C21H22FN3O4. The molecule has 4 rings (SSSR count). The molecular weight excluding hydrogens is 377 g/mol. The number of carbonyl (C=O) groups is 2. The average Bonchev–Trinajstić information content (AvgIpc) is 3.17. The Kier molecular flexibility index (Phi) is 4.77. The third kappa shape index (κ3) is 3.46. The monoisotopic (exact) mass is 399 g/mol. The first-order valence-corrected chi connectivity index (χ1v) is 9.49. The molecule has 29 heavy (non-hydrogen) atoms. The summed E-state index contributed by atoms with van der Waals surface area (Å²) in [6.07, 6.45) is 0.219. The fourth-order valence-corrected chi connectivity index (χ4v) is 4.07. The van der Waals surface area contributed by atoms with Gasteiger partial charge in [0.1, 0.15) is 11.6 Å². The minimum atomic E-state index is -0.995. The molecule has 2 aliphatic heterocycles. The van der Waals surface area contributed by atoms with Crippen LogP contribution in [-0.4, -0.2) is 59.8 Å². The second-order valence-corrected chi connectivity index (χ2v) is 7.47. The smallest absolute Gasteiger partial charge is 0.407 e. The van der Waals surface area contributed by atoms with Crippen LogP contribution in [-0.2, 0) is 6.42 Å². The summed E-state index contributed by atoms with van der Waals surface area (Å²) in [6.45, 7) is 1.40. The number of halogens is 1. The summed E-state index contributed by atoms with van der Waals surface area (Å²) in [5.41, 5.74) is 2.19. The van der Waals surface area contributed by atoms with Gasteiger partial charge in [-0.05, 0) is 54.8 Å². The third-order valence-electron chi connectivity index (χ3n) is 5.77. The summed E-state index contributed by atoms with van der Waals surface area (Å²) in [4.78, 5) is 28.6. The van der Waals surface area contributed by atoms with Crippen molar-refractivity contribution in [3.8, 4) is 5.75 Å². The van der Waals surface area contributed by atoms with Gasteiger partial charge in [-0.3, -0.25) is 4.79 Å². The van der Waals surface area contributed by atoms with E-state index in [1.807, 2.05) is 4.90 Å². The van der Waals surface area contributed by atoms with E-state index in [-0.39, 0.29) is 17.7 Å². The highest BCUT2D eigenvalue weighted by Gasteiger charge is 2.31. The van der Waals surface area contributed by atoms with Gasteiger partial charge in [0.25, 0.3) is 5.91 Å². The SMILES string of the molecule is CN(C(=O)O)[C@@H]1CCN(c2ccc(N3CCc4cc(O)ccc4C3=O)cc2F)C1. The van der Waals surface area contributed by atoms with E-state index in [0.717, 1.165) is 5.56 Å². The van der Waals surface area contributed by atoms with E-state index in [0.29, 0.717) is 49.4 Å². The average molecular weight is 399 g/mol. The highest BCUT2D eigenvalue weighted by atomic mass is 19.1. The minimum Gasteiger partial charge on any atom is -0.508 e. The number of phenols is 1. The van der Waals surface area contributed by atoms with Crippen LogP contribution in [0.4, 0.5) is 20.6 Å². The number of rotatable bonds is 3. The van der Waals surface area contributed by atoms with Crippen LogP contribution in [0.25, 0.3) is 0 Å². The molecule has 0 bridgehead atoms. The van der Waals surface area contributed by atoms with Crippen LogP contribution in [0.15, 0.2) is 36.4 Å². The molecule has 0 aromatic heterocycles. The van der Waals surface area contributed by atoms with Crippen LogP contribution in [0.2, 0.25) is 0 Å². The van der Waals surface area contributed by atoms with Gasteiger partial charge in [0.05, 0.1) is 11.7 Å². The van der Waals surface area contributed by atoms with Crippen molar-refractivity contribution in [3.63, 3.8) is 0 Å². The molecule has 2 N–H and O–H groups in total. The van der Waals surface area contributed by atoms with Gasteiger partial charge in [0, 0.05) is 37.9 Å². The van der Waals surface area contributed by atoms with Crippen LogP contribution < -0.4 is 9.80 Å². The van der Waals surface area contributed by atoms with E-state index < -0.39 is 11.9 Å². The summed E-state index contributed by atoms with van der Waals surface area (Å²) in [7, 11) is 1.52. The first kappa shape index (κ1) is 19.0. The second kappa shape index (κ2) is 7.27. The molecule has 7 nitrogen and oxygen atoms in total. The zero-order valence-corrected chi connectivity index (χ0v) is 16.0. The topological polar surface area (TPSA) is 84.3 Å². The van der Waals surface area contributed by atoms with Crippen LogP contribution in [0.1, 0.15) is 22.3 Å². The van der Waals surface area contributed by atoms with Gasteiger partial charge < -0.3 is 24.9 Å². The predicted molar refractivity (Wildman–Crippen MR) is 106 cm³/mol. The molecule has 0 saturated carbocycles. The first-order chi connectivity index (χ1) is 13.8. The summed E-state index contributed by atoms with van der Waals surface area (Å²) >= 11 is 0. The highest BCUT2D eigenvalue weighted by Crippen LogP contribution is 2.31. The van der Waals surface area contributed by atoms with Crippen molar-refractivity contribution < 1.29 is 24.2 Å². The molecule has 0 unspecified atom stereocenters. The van der Waals surface area contributed by atoms with E-state index in [2.05, 4.69) is 0 Å². The van der Waals surface area contributed by atoms with Gasteiger partial charge in [0.2, 0.25) is 0 Å². The molecule has 0 spiro atoms. The van der Waals surface area contributed by atoms with Crippen LogP contribution >= 0.6 is 0 Å². The lowest BCUT2D eigenvalue weighted by molar-refractivity contribution is 0.0980. The maximum absolute atomic E-state index is 14.9. The van der Waals surface area contributed by atoms with Crippen molar-refractivity contribution in [2.45, 2.75) is 18.9 Å². The number of nitrogens with zero attached hydrogens (tertiary/aromatic N) is 3. The van der Waals surface area contributed by atoms with E-state index in [1.54, 1.807) is 24.3 Å². The summed E-state index contributed by atoms with van der Waals surface area (Å²) in [6, 6.07) is 9.19. The number of anilines is 2. The molecule has 0 aliphatic carbocycles. The number of hydrogen-bond donors (Lipinski definition) is 2. The molecule has 0 radical (unpaired) electrons. The second-order valence-electron chi connectivity index (χ2n) is 7.47. The van der Waals surface area contributed by atoms with E-state index in [1.165, 1.54) is 29.0 Å². The Labute approximate surface area is 167 Å². The fraction of sp³-hybridized carbons (Fsp3) is 0.333. The lowest BCUT2D eigenvalue weighted by atomic mass is 9.98. The van der Waals surface area contributed by atoms with Gasteiger partial charge in [-0.15, -0.1) is 0 Å². The molecule has 2 heterocycles. The lowest BCUT2D eigenvalue weighted by Gasteiger charge is -2.29. The minimum absolute atomic E-state index is 0.123. The van der Waals surface area contributed by atoms with Crippen LogP contribution in [0.5, 0.6) is 5.75 Å². The Morgan fingerprint density at radius 2 is 2.00 bits per heavy atom. The van der Waals surface area contributed by atoms with E-state index in [9.17, 15) is 19.1 Å². The number of amides is 2. The van der Waals surface area contributed by atoms with Crippen molar-refractivity contribution >= 4 is 23.4 Å². The van der Waals surface area contributed by atoms with Gasteiger partial charge in [-0.25, -0.2) is 9.18 Å². The number of carbonyl (C=O) groups excluding carboxylic acids is 1. The Morgan fingerprint density at radius 3 is 2.72 bits per heavy atom. The zero-order valence-electron chi connectivity index (χ0n) is 16.0. The van der Waals surface area contributed by atoms with E-state index in [4.69, 9.17) is 5.11 Å². The largest absolute Gasteiger partial charge is 0.508 e. The molecule has 2 aromatic rings. The first-order valence-electron chi connectivity index (χ1n) is 9.49. The lowest BCUT2D eigenvalue weighted by Crippen LogP contribution is -2.38. The Bertz CT molecular complexity index is 980. The standard InChI is InChI=1S/C21H22FN3O4/c1-23(21(28)29)15-7-8-24(12-15)19-5-2-14(11-18(19)22)25-9-6-13-10-16(26)3-4-17(13)20(25)27/h2-5,10-11,15,26H,6-9,12H2,1H3,(H,28,29)/t15-/m1/s1. The maximum atomic E-state index is 14.9. The number of benzene rings is 2. The number of fused-ring (bicyclic) bond motifs is 1. The number of phenolic OH excluding ortho intramolecular Hbond substituents is 1. The number of hydrogen-bond acceptors (Lipinski definition) is 4. The van der Waals surface area contributed by atoms with Gasteiger partial charge in [0.15, 0.2) is 0 Å². The summed E-state index contributed by atoms with van der Waals surface area (Å²) in [5, 5.41) is 18.7. The maximum Gasteiger partial charge on any atom is 0.407 e. The Balaban J connectivity index is 1.53. The zero-order chi connectivity index (χ0) is 20.7. The number of aromatic hydroxyl groups is 1. The van der Waals surface area contributed by atoms with Crippen molar-refractivity contribution in [3.05, 3.63) is 53.3 Å². The van der Waals surface area contributed by atoms with Crippen molar-refractivity contribution in [2.75, 3.05) is 36.5 Å². The fourth-order valence-electron chi connectivity index (χ4n) is 4.07. The Morgan fingerprint density at radius 1 is 1.21 bits per heavy atom. The Hall–Kier alpha value is -3.29. The van der Waals surface area contributed by atoms with E-state index >= 15 is 0 Å². The molecule has 1 fully saturated rings. The van der Waals surface area contributed by atoms with Crippen LogP contribution in [0, 0.1) is 5.82 Å². The number of carboxylic acid groups (broad SMARTS) is 1. The summed E-state index contributed by atoms with van der Waals surface area (Å²) < 4.78 is 14.9. The van der Waals surface area contributed by atoms with Gasteiger partial charge >= 0.3 is 6.09 Å². The normalized spacial score (nSPS) is 18.7. The number of likely N-dealkylation sites (N-methyl/N-ethyl adjacent to an activating group) is 1. The highest BCUT2D eigenvalue weighted by molar-refractivity contribution is 6.08. The molecule has 1 atom stereocenters. The third-order valence-corrected chi connectivity index (χ3v) is 5.77. The molecule has 2 aromatic carbocycles.